The molecule has 1 fully saturated rings. The first-order valence-electron chi connectivity index (χ1n) is 11.3. The SMILES string of the molecule is C=CCC1(C(=O)OCc2ccccc2)CCC[C@](CC(=O)O)(C(=O)OCc2ccccc2)C1=C. The fraction of sp³-hybridized carbons (Fsp3) is 0.321. The van der Waals surface area contributed by atoms with Crippen LogP contribution in [0.1, 0.15) is 43.2 Å². The van der Waals surface area contributed by atoms with Gasteiger partial charge in [0.05, 0.1) is 11.8 Å². The lowest BCUT2D eigenvalue weighted by Crippen LogP contribution is -2.49. The number of allylic oxidation sites excluding steroid dienone is 1. The van der Waals surface area contributed by atoms with Crippen LogP contribution in [0.2, 0.25) is 0 Å². The molecule has 2 atom stereocenters. The summed E-state index contributed by atoms with van der Waals surface area (Å²) in [7, 11) is 0. The average molecular weight is 463 g/mol. The summed E-state index contributed by atoms with van der Waals surface area (Å²) in [4.78, 5) is 38.7. The van der Waals surface area contributed by atoms with Crippen LogP contribution in [0, 0.1) is 10.8 Å². The predicted molar refractivity (Wildman–Crippen MR) is 127 cm³/mol. The first-order valence-corrected chi connectivity index (χ1v) is 11.3. The molecule has 0 spiro atoms. The van der Waals surface area contributed by atoms with E-state index in [-0.39, 0.29) is 31.6 Å². The minimum absolute atomic E-state index is 0.00122. The molecule has 6 nitrogen and oxygen atoms in total. The number of carboxylic acid groups (broad SMARTS) is 1. The zero-order valence-corrected chi connectivity index (χ0v) is 19.2. The Kier molecular flexibility index (Phi) is 8.05. The molecule has 0 amide bonds. The summed E-state index contributed by atoms with van der Waals surface area (Å²) >= 11 is 0. The summed E-state index contributed by atoms with van der Waals surface area (Å²) in [6.07, 6.45) is 2.33. The molecule has 0 heterocycles. The number of rotatable bonds is 10. The topological polar surface area (TPSA) is 89.9 Å². The number of aliphatic carboxylic acids is 1. The van der Waals surface area contributed by atoms with Crippen molar-refractivity contribution >= 4 is 17.9 Å². The van der Waals surface area contributed by atoms with E-state index < -0.39 is 35.2 Å². The molecule has 2 aromatic rings. The van der Waals surface area contributed by atoms with Crippen LogP contribution in [0.15, 0.2) is 85.5 Å². The molecule has 1 unspecified atom stereocenters. The van der Waals surface area contributed by atoms with E-state index in [4.69, 9.17) is 9.47 Å². The van der Waals surface area contributed by atoms with Crippen molar-refractivity contribution in [3.05, 3.63) is 96.6 Å². The molecule has 3 rings (SSSR count). The quantitative estimate of drug-likeness (QED) is 0.384. The second-order valence-electron chi connectivity index (χ2n) is 8.68. The van der Waals surface area contributed by atoms with Crippen molar-refractivity contribution in [1.82, 2.24) is 0 Å². The van der Waals surface area contributed by atoms with Gasteiger partial charge in [0, 0.05) is 0 Å². The van der Waals surface area contributed by atoms with Crippen LogP contribution >= 0.6 is 0 Å². The third-order valence-electron chi connectivity index (χ3n) is 6.52. The van der Waals surface area contributed by atoms with Gasteiger partial charge in [-0.05, 0) is 36.0 Å². The molecule has 2 aromatic carbocycles. The molecule has 0 aromatic heterocycles. The van der Waals surface area contributed by atoms with Gasteiger partial charge in [-0.3, -0.25) is 14.4 Å². The maximum atomic E-state index is 13.4. The van der Waals surface area contributed by atoms with Crippen LogP contribution in [0.3, 0.4) is 0 Å². The number of hydrogen-bond acceptors (Lipinski definition) is 5. The van der Waals surface area contributed by atoms with Crippen LogP contribution in [0.25, 0.3) is 0 Å². The Hall–Kier alpha value is -3.67. The van der Waals surface area contributed by atoms with E-state index in [0.717, 1.165) is 11.1 Å². The molecule has 1 aliphatic rings. The highest BCUT2D eigenvalue weighted by Crippen LogP contribution is 2.55. The van der Waals surface area contributed by atoms with Crippen molar-refractivity contribution in [2.75, 3.05) is 0 Å². The maximum absolute atomic E-state index is 13.4. The van der Waals surface area contributed by atoms with Crippen molar-refractivity contribution in [2.24, 2.45) is 10.8 Å². The Morgan fingerprint density at radius 1 is 0.853 bits per heavy atom. The number of hydrogen-bond donors (Lipinski definition) is 1. The van der Waals surface area contributed by atoms with Gasteiger partial charge in [-0.2, -0.15) is 0 Å². The van der Waals surface area contributed by atoms with E-state index in [0.29, 0.717) is 12.8 Å². The predicted octanol–water partition coefficient (Wildman–Crippen LogP) is 5.24. The summed E-state index contributed by atoms with van der Waals surface area (Å²) in [5.74, 6) is -2.39. The zero-order valence-electron chi connectivity index (χ0n) is 19.2. The third kappa shape index (κ3) is 5.28. The van der Waals surface area contributed by atoms with Gasteiger partial charge < -0.3 is 14.6 Å². The number of carbonyl (C=O) groups is 3. The van der Waals surface area contributed by atoms with Gasteiger partial charge in [-0.15, -0.1) is 6.58 Å². The Morgan fingerprint density at radius 3 is 1.79 bits per heavy atom. The Labute approximate surface area is 199 Å². The van der Waals surface area contributed by atoms with Gasteiger partial charge in [0.15, 0.2) is 0 Å². The van der Waals surface area contributed by atoms with E-state index in [9.17, 15) is 19.5 Å². The summed E-state index contributed by atoms with van der Waals surface area (Å²) in [5, 5.41) is 9.69. The molecule has 178 valence electrons. The monoisotopic (exact) mass is 462 g/mol. The van der Waals surface area contributed by atoms with E-state index in [1.807, 2.05) is 60.7 Å². The second-order valence-corrected chi connectivity index (χ2v) is 8.68. The highest BCUT2D eigenvalue weighted by atomic mass is 16.5. The van der Waals surface area contributed by atoms with Gasteiger partial charge in [0.2, 0.25) is 0 Å². The molecule has 0 saturated heterocycles. The largest absolute Gasteiger partial charge is 0.481 e. The summed E-state index contributed by atoms with van der Waals surface area (Å²) < 4.78 is 11.2. The third-order valence-corrected chi connectivity index (χ3v) is 6.52. The van der Waals surface area contributed by atoms with Crippen LogP contribution < -0.4 is 0 Å². The van der Waals surface area contributed by atoms with Crippen LogP contribution in [-0.2, 0) is 37.1 Å². The number of esters is 2. The van der Waals surface area contributed by atoms with Crippen LogP contribution in [0.5, 0.6) is 0 Å². The van der Waals surface area contributed by atoms with Gasteiger partial charge in [-0.1, -0.05) is 79.7 Å². The minimum atomic E-state index is -1.53. The van der Waals surface area contributed by atoms with Gasteiger partial charge >= 0.3 is 17.9 Å². The van der Waals surface area contributed by atoms with Crippen LogP contribution in [0.4, 0.5) is 0 Å². The molecule has 34 heavy (non-hydrogen) atoms. The van der Waals surface area contributed by atoms with Gasteiger partial charge in [0.1, 0.15) is 18.6 Å². The van der Waals surface area contributed by atoms with Crippen molar-refractivity contribution in [2.45, 2.75) is 45.3 Å². The first-order chi connectivity index (χ1) is 16.3. The van der Waals surface area contributed by atoms with Gasteiger partial charge in [0.25, 0.3) is 0 Å². The number of carboxylic acids is 1. The van der Waals surface area contributed by atoms with E-state index >= 15 is 0 Å². The van der Waals surface area contributed by atoms with E-state index in [2.05, 4.69) is 13.2 Å². The highest BCUT2D eigenvalue weighted by Gasteiger charge is 2.57. The fourth-order valence-corrected chi connectivity index (χ4v) is 4.71. The standard InChI is InChI=1S/C28H30O6/c1-3-15-27(25(31)33-19-22-11-6-4-7-12-22)16-10-17-28(21(27)2,18-24(29)30)26(32)34-20-23-13-8-5-9-14-23/h3-9,11-14H,1-2,10,15-20H2,(H,29,30)/t27?,28-/m1/s1. The van der Waals surface area contributed by atoms with E-state index in [1.54, 1.807) is 6.08 Å². The highest BCUT2D eigenvalue weighted by molar-refractivity contribution is 5.91. The summed E-state index contributed by atoms with van der Waals surface area (Å²) in [6.45, 7) is 7.98. The molecule has 1 saturated carbocycles. The zero-order chi connectivity index (χ0) is 24.6. The molecule has 1 aliphatic carbocycles. The fourth-order valence-electron chi connectivity index (χ4n) is 4.71. The Morgan fingerprint density at radius 2 is 1.32 bits per heavy atom. The Bertz CT molecular complexity index is 1050. The maximum Gasteiger partial charge on any atom is 0.317 e. The van der Waals surface area contributed by atoms with Crippen molar-refractivity contribution in [3.8, 4) is 0 Å². The van der Waals surface area contributed by atoms with Gasteiger partial charge in [-0.25, -0.2) is 0 Å². The molecular weight excluding hydrogens is 432 g/mol. The lowest BCUT2D eigenvalue weighted by atomic mass is 9.56. The van der Waals surface area contributed by atoms with Crippen molar-refractivity contribution in [1.29, 1.82) is 0 Å². The molecular formula is C28H30O6. The van der Waals surface area contributed by atoms with Crippen molar-refractivity contribution < 1.29 is 29.0 Å². The lowest BCUT2D eigenvalue weighted by Gasteiger charge is -2.46. The smallest absolute Gasteiger partial charge is 0.317 e. The lowest BCUT2D eigenvalue weighted by molar-refractivity contribution is -0.167. The normalized spacial score (nSPS) is 21.9. The average Bonchev–Trinajstić information content (AvgIpc) is 2.84. The number of ether oxygens (including phenoxy) is 2. The molecule has 0 radical (unpaired) electrons. The second kappa shape index (κ2) is 11.0. The first kappa shape index (κ1) is 25.0. The molecule has 0 aliphatic heterocycles. The molecule has 6 heteroatoms. The molecule has 1 N–H and O–H groups in total. The minimum Gasteiger partial charge on any atom is -0.481 e. The number of carbonyl (C=O) groups excluding carboxylic acids is 2. The van der Waals surface area contributed by atoms with Crippen molar-refractivity contribution in [3.63, 3.8) is 0 Å². The summed E-state index contributed by atoms with van der Waals surface area (Å²) in [5.41, 5.74) is -0.957. The summed E-state index contributed by atoms with van der Waals surface area (Å²) in [6, 6.07) is 18.4. The number of benzene rings is 2. The van der Waals surface area contributed by atoms with Crippen LogP contribution in [-0.4, -0.2) is 23.0 Å². The molecule has 0 bridgehead atoms. The van der Waals surface area contributed by atoms with E-state index in [1.165, 1.54) is 0 Å². The Balaban J connectivity index is 1.89.